The summed E-state index contributed by atoms with van der Waals surface area (Å²) in [5.74, 6) is -0.482. The topological polar surface area (TPSA) is 297 Å². The highest BCUT2D eigenvalue weighted by atomic mass is 31.2. The third-order valence-corrected chi connectivity index (χ3v) is 9.74. The number of imidazole rings is 1. The Morgan fingerprint density at radius 1 is 0.833 bits per heavy atom. The Bertz CT molecular complexity index is 2230. The van der Waals surface area contributed by atoms with Crippen molar-refractivity contribution in [3.63, 3.8) is 0 Å². The minimum absolute atomic E-state index is 0.0393. The van der Waals surface area contributed by atoms with Gasteiger partial charge in [-0.25, -0.2) is 19.3 Å². The Labute approximate surface area is 304 Å². The van der Waals surface area contributed by atoms with E-state index in [9.17, 15) is 29.3 Å². The molecule has 8 N–H and O–H groups in total. The smallest absolute Gasteiger partial charge is 0.394 e. The highest BCUT2D eigenvalue weighted by molar-refractivity contribution is 7.47. The van der Waals surface area contributed by atoms with Crippen LogP contribution < -0.4 is 22.7 Å². The molecule has 2 aromatic carbocycles. The number of benzene rings is 2. The largest absolute Gasteiger partial charge is 0.472 e. The van der Waals surface area contributed by atoms with Crippen LogP contribution in [0.4, 0.5) is 11.9 Å². The Kier molecular flexibility index (Phi) is 10.9. The van der Waals surface area contributed by atoms with Crippen LogP contribution in [0, 0.1) is 0 Å². The van der Waals surface area contributed by atoms with Gasteiger partial charge >= 0.3 is 13.5 Å². The van der Waals surface area contributed by atoms with Crippen molar-refractivity contribution in [3.05, 3.63) is 105 Å². The molecule has 7 rings (SSSR count). The molecule has 0 saturated carbocycles. The summed E-state index contributed by atoms with van der Waals surface area (Å²) in [7, 11) is -5.09. The van der Waals surface area contributed by atoms with Crippen LogP contribution in [0.2, 0.25) is 0 Å². The average Bonchev–Trinajstić information content (AvgIpc) is 3.82. The number of anilines is 2. The highest BCUT2D eigenvalue weighted by Crippen LogP contribution is 2.50. The van der Waals surface area contributed by atoms with E-state index in [1.807, 2.05) is 30.3 Å². The minimum Gasteiger partial charge on any atom is -0.394 e. The predicted molar refractivity (Wildman–Crippen MR) is 185 cm³/mol. The van der Waals surface area contributed by atoms with Crippen LogP contribution in [-0.4, -0.2) is 99.0 Å². The lowest BCUT2D eigenvalue weighted by Gasteiger charge is -2.26. The van der Waals surface area contributed by atoms with Crippen molar-refractivity contribution in [1.82, 2.24) is 34.1 Å². The summed E-state index contributed by atoms with van der Waals surface area (Å²) in [5.41, 5.74) is 11.4. The lowest BCUT2D eigenvalue weighted by atomic mass is 10.1. The van der Waals surface area contributed by atoms with Crippen LogP contribution in [0.15, 0.2) is 82.9 Å². The van der Waals surface area contributed by atoms with E-state index in [-0.39, 0.29) is 36.3 Å². The zero-order valence-corrected chi connectivity index (χ0v) is 29.1. The number of nitrogen functional groups attached to an aromatic ring is 2. The number of hydrogen-bond acceptors (Lipinski definition) is 17. The first kappa shape index (κ1) is 37.4. The molecule has 0 bridgehead atoms. The molecule has 286 valence electrons. The number of nitrogens with two attached hydrogens (primary N) is 2. The first-order valence-corrected chi connectivity index (χ1v) is 18.0. The number of aromatic amines is 1. The average molecular weight is 770 g/mol. The fraction of sp³-hybridized carbons (Fsp3) is 0.375. The maximum absolute atomic E-state index is 13.6. The number of H-pyrrole nitrogens is 1. The quantitative estimate of drug-likeness (QED) is 0.0794. The number of hydrogen-bond donors (Lipinski definition) is 6. The number of nitrogens with zero attached hydrogens (tertiary/aromatic N) is 6. The Morgan fingerprint density at radius 2 is 1.44 bits per heavy atom. The molecule has 5 aromatic rings. The second kappa shape index (κ2) is 15.8. The van der Waals surface area contributed by atoms with Gasteiger partial charge in [0.2, 0.25) is 11.9 Å². The summed E-state index contributed by atoms with van der Waals surface area (Å²) in [6.45, 7) is -1.43. The van der Waals surface area contributed by atoms with Gasteiger partial charge in [0.15, 0.2) is 23.6 Å². The molecular weight excluding hydrogens is 733 g/mol. The molecule has 3 aromatic heterocycles. The number of phosphoric ester groups is 1. The number of aliphatic hydroxyl groups excluding tert-OH is 2. The van der Waals surface area contributed by atoms with E-state index in [4.69, 9.17) is 39.5 Å². The van der Waals surface area contributed by atoms with Crippen LogP contribution in [0.3, 0.4) is 0 Å². The second-order valence-corrected chi connectivity index (χ2v) is 13.7. The predicted octanol–water partition coefficient (Wildman–Crippen LogP) is -0.243. The van der Waals surface area contributed by atoms with Gasteiger partial charge in [-0.3, -0.25) is 28.0 Å². The maximum atomic E-state index is 13.6. The van der Waals surface area contributed by atoms with Gasteiger partial charge in [0.25, 0.3) is 5.56 Å². The van der Waals surface area contributed by atoms with E-state index in [2.05, 4.69) is 24.9 Å². The molecule has 2 aliphatic heterocycles. The van der Waals surface area contributed by atoms with E-state index < -0.39 is 81.4 Å². The van der Waals surface area contributed by atoms with Crippen molar-refractivity contribution >= 4 is 30.9 Å². The number of ether oxygens (including phenoxy) is 4. The van der Waals surface area contributed by atoms with E-state index in [0.29, 0.717) is 5.56 Å². The molecular formula is C32H36N9O12P. The molecule has 0 spiro atoms. The van der Waals surface area contributed by atoms with Crippen molar-refractivity contribution in [3.8, 4) is 0 Å². The van der Waals surface area contributed by atoms with Crippen molar-refractivity contribution in [2.75, 3.05) is 24.7 Å². The van der Waals surface area contributed by atoms with Gasteiger partial charge in [0.1, 0.15) is 43.0 Å². The van der Waals surface area contributed by atoms with Crippen molar-refractivity contribution in [2.45, 2.75) is 62.3 Å². The normalized spacial score (nSPS) is 26.6. The van der Waals surface area contributed by atoms with Crippen LogP contribution in [-0.2, 0) is 45.8 Å². The fourth-order valence-electron chi connectivity index (χ4n) is 6.19. The molecule has 2 fully saturated rings. The molecule has 54 heavy (non-hydrogen) atoms. The number of fused-ring (bicyclic) bond motifs is 1. The van der Waals surface area contributed by atoms with E-state index in [0.717, 1.165) is 16.5 Å². The second-order valence-electron chi connectivity index (χ2n) is 12.3. The van der Waals surface area contributed by atoms with Crippen LogP contribution in [0.25, 0.3) is 11.2 Å². The van der Waals surface area contributed by atoms with Gasteiger partial charge in [0, 0.05) is 0 Å². The summed E-state index contributed by atoms with van der Waals surface area (Å²) in [4.78, 5) is 54.4. The Hall–Kier alpha value is -4.93. The monoisotopic (exact) mass is 769 g/mol. The highest BCUT2D eigenvalue weighted by Gasteiger charge is 2.52. The zero-order chi connectivity index (χ0) is 38.0. The van der Waals surface area contributed by atoms with Gasteiger partial charge < -0.3 is 45.5 Å². The molecule has 22 heteroatoms. The molecule has 1 unspecified atom stereocenters. The summed E-state index contributed by atoms with van der Waals surface area (Å²) in [5, 5.41) is 21.7. The van der Waals surface area contributed by atoms with E-state index in [1.54, 1.807) is 30.3 Å². The molecule has 21 nitrogen and oxygen atoms in total. The number of phosphoric acid groups is 1. The molecule has 0 radical (unpaired) electrons. The van der Waals surface area contributed by atoms with Crippen molar-refractivity contribution in [2.24, 2.45) is 0 Å². The Morgan fingerprint density at radius 3 is 2.09 bits per heavy atom. The molecule has 2 aliphatic rings. The van der Waals surface area contributed by atoms with E-state index in [1.165, 1.54) is 10.9 Å². The molecule has 0 amide bonds. The Balaban J connectivity index is 1.11. The number of aromatic nitrogens is 7. The van der Waals surface area contributed by atoms with Gasteiger partial charge in [0.05, 0.1) is 32.8 Å². The molecule has 5 heterocycles. The first-order chi connectivity index (χ1) is 26.0. The van der Waals surface area contributed by atoms with Crippen molar-refractivity contribution in [1.29, 1.82) is 0 Å². The van der Waals surface area contributed by atoms with Gasteiger partial charge in [-0.15, -0.1) is 0 Å². The maximum Gasteiger partial charge on any atom is 0.472 e. The third kappa shape index (κ3) is 7.95. The zero-order valence-electron chi connectivity index (χ0n) is 28.2. The van der Waals surface area contributed by atoms with Gasteiger partial charge in [-0.2, -0.15) is 9.97 Å². The minimum atomic E-state index is -5.09. The van der Waals surface area contributed by atoms with Crippen LogP contribution >= 0.6 is 7.82 Å². The summed E-state index contributed by atoms with van der Waals surface area (Å²) in [6, 6.07) is 18.0. The lowest BCUT2D eigenvalue weighted by Crippen LogP contribution is -2.40. The molecule has 0 aliphatic carbocycles. The standard InChI is InChI=1S/C32H36N9O12P/c33-30-36-16-41(32(45)39-30)29-25(49-13-18-9-5-2-6-10-18)23(19(11-42)51-29)53-54(46,47)50-14-20-22(43)24(48-12-17-7-3-1-4-8-17)28(52-20)40-15-35-21-26(40)37-31(34)38-27(21)44/h1-10,15-16,19-20,22-25,28-29,42-43H,11-14H2,(H,46,47)(H2,33,39,45)(H3,34,37,38,44)/t19-,20-,22+,23+,24+,25+,28-,29-/m1/s1. The van der Waals surface area contributed by atoms with Crippen molar-refractivity contribution < 1.29 is 47.7 Å². The van der Waals surface area contributed by atoms with Crippen LogP contribution in [0.5, 0.6) is 0 Å². The summed E-state index contributed by atoms with van der Waals surface area (Å²) >= 11 is 0. The lowest BCUT2D eigenvalue weighted by molar-refractivity contribution is -0.0815. The third-order valence-electron chi connectivity index (χ3n) is 8.75. The van der Waals surface area contributed by atoms with Gasteiger partial charge in [-0.1, -0.05) is 60.7 Å². The number of rotatable bonds is 14. The number of aliphatic hydroxyl groups is 2. The fourth-order valence-corrected chi connectivity index (χ4v) is 7.15. The number of nitrogens with one attached hydrogen (secondary N) is 1. The summed E-state index contributed by atoms with van der Waals surface area (Å²) < 4.78 is 51.0. The molecule has 9 atom stereocenters. The molecule has 2 saturated heterocycles. The SMILES string of the molecule is Nc1ncn([C@@H]2O[C@H](CO)[C@H](OP(=O)(O)OC[C@H]3O[C@@H](n4cnc5c(=O)[nH]c(N)nc54)[C@@H](OCc4ccccc4)[C@H]3O)[C@@H]2OCc2ccccc2)c(=O)n1. The van der Waals surface area contributed by atoms with Crippen LogP contribution in [0.1, 0.15) is 23.6 Å². The van der Waals surface area contributed by atoms with Gasteiger partial charge in [-0.05, 0) is 11.1 Å². The summed E-state index contributed by atoms with van der Waals surface area (Å²) in [6.07, 6.45) is -8.11. The van der Waals surface area contributed by atoms with E-state index >= 15 is 0 Å². The first-order valence-electron chi connectivity index (χ1n) is 16.5.